The van der Waals surface area contributed by atoms with Crippen molar-refractivity contribution in [1.82, 2.24) is 0 Å². The second-order valence-corrected chi connectivity index (χ2v) is 3.42. The Morgan fingerprint density at radius 1 is 1.33 bits per heavy atom. The maximum Gasteiger partial charge on any atom is 0.167 e. The van der Waals surface area contributed by atoms with E-state index in [1.807, 2.05) is 30.3 Å². The van der Waals surface area contributed by atoms with Crippen LogP contribution in [0.4, 0.5) is 0 Å². The summed E-state index contributed by atoms with van der Waals surface area (Å²) in [5.74, 6) is 0.833. The largest absolute Gasteiger partial charge is 0.450 e. The van der Waals surface area contributed by atoms with Gasteiger partial charge in [-0.3, -0.25) is 0 Å². The zero-order valence-corrected chi connectivity index (χ0v) is 7.91. The molecule has 1 unspecified atom stereocenters. The molecular formula is C9H8BrNO. The van der Waals surface area contributed by atoms with Crippen LogP contribution in [-0.2, 0) is 0 Å². The lowest BCUT2D eigenvalue weighted by molar-refractivity contribution is 0.443. The molecule has 1 atom stereocenters. The number of hydrogen-bond donors (Lipinski definition) is 1. The highest BCUT2D eigenvalue weighted by molar-refractivity contribution is 9.11. The van der Waals surface area contributed by atoms with Crippen molar-refractivity contribution in [3.05, 3.63) is 40.6 Å². The number of benzene rings is 1. The van der Waals surface area contributed by atoms with Gasteiger partial charge in [-0.15, -0.1) is 0 Å². The van der Waals surface area contributed by atoms with Crippen LogP contribution in [0.2, 0.25) is 0 Å². The summed E-state index contributed by atoms with van der Waals surface area (Å²) in [6.45, 7) is 0. The number of ether oxygens (including phenoxy) is 1. The molecule has 2 N–H and O–H groups in total. The van der Waals surface area contributed by atoms with Crippen molar-refractivity contribution in [3.63, 3.8) is 0 Å². The number of para-hydroxylation sites is 1. The van der Waals surface area contributed by atoms with Crippen LogP contribution < -0.4 is 10.5 Å². The van der Waals surface area contributed by atoms with Crippen molar-refractivity contribution >= 4 is 15.9 Å². The zero-order chi connectivity index (χ0) is 8.55. The molecule has 1 aromatic carbocycles. The smallest absolute Gasteiger partial charge is 0.167 e. The normalized spacial score (nSPS) is 20.8. The molecule has 0 spiro atoms. The van der Waals surface area contributed by atoms with Crippen LogP contribution in [0.3, 0.4) is 0 Å². The summed E-state index contributed by atoms with van der Waals surface area (Å²) in [6, 6.07) is 7.69. The average Bonchev–Trinajstić information content (AvgIpc) is 2.04. The molecule has 0 bridgehead atoms. The molecule has 1 aromatic rings. The minimum absolute atomic E-state index is 0.0654. The molecule has 62 valence electrons. The van der Waals surface area contributed by atoms with Crippen LogP contribution in [0.15, 0.2) is 35.0 Å². The molecule has 12 heavy (non-hydrogen) atoms. The van der Waals surface area contributed by atoms with Crippen molar-refractivity contribution in [2.24, 2.45) is 5.73 Å². The lowest BCUT2D eigenvalue weighted by atomic mass is 10.1. The maximum atomic E-state index is 5.85. The van der Waals surface area contributed by atoms with Crippen molar-refractivity contribution in [2.75, 3.05) is 0 Å². The third-order valence-electron chi connectivity index (χ3n) is 1.80. The van der Waals surface area contributed by atoms with E-state index in [-0.39, 0.29) is 6.04 Å². The highest BCUT2D eigenvalue weighted by atomic mass is 79.9. The molecule has 1 aliphatic heterocycles. The van der Waals surface area contributed by atoms with Crippen LogP contribution >= 0.6 is 15.9 Å². The third kappa shape index (κ3) is 1.26. The van der Waals surface area contributed by atoms with Crippen molar-refractivity contribution in [2.45, 2.75) is 6.04 Å². The van der Waals surface area contributed by atoms with Gasteiger partial charge in [-0.25, -0.2) is 0 Å². The van der Waals surface area contributed by atoms with Gasteiger partial charge in [-0.2, -0.15) is 0 Å². The second kappa shape index (κ2) is 2.92. The van der Waals surface area contributed by atoms with Gasteiger partial charge in [0.15, 0.2) is 4.67 Å². The maximum absolute atomic E-state index is 5.85. The minimum atomic E-state index is -0.0654. The number of fused-ring (bicyclic) bond motifs is 1. The summed E-state index contributed by atoms with van der Waals surface area (Å²) < 4.78 is 6.09. The molecule has 0 aliphatic carbocycles. The first-order valence-electron chi connectivity index (χ1n) is 3.67. The standard InChI is InChI=1S/C9H8BrNO/c10-9-5-7(11)6-3-1-2-4-8(6)12-9/h1-5,7H,11H2. The van der Waals surface area contributed by atoms with E-state index in [1.165, 1.54) is 0 Å². The Labute approximate surface area is 79.2 Å². The van der Waals surface area contributed by atoms with Crippen LogP contribution in [0.5, 0.6) is 5.75 Å². The number of hydrogen-bond acceptors (Lipinski definition) is 2. The zero-order valence-electron chi connectivity index (χ0n) is 6.33. The monoisotopic (exact) mass is 225 g/mol. The quantitative estimate of drug-likeness (QED) is 0.736. The van der Waals surface area contributed by atoms with E-state index in [9.17, 15) is 0 Å². The van der Waals surface area contributed by atoms with Gasteiger partial charge < -0.3 is 10.5 Å². The predicted molar refractivity (Wildman–Crippen MR) is 51.0 cm³/mol. The first kappa shape index (κ1) is 7.83. The van der Waals surface area contributed by atoms with Crippen molar-refractivity contribution in [1.29, 1.82) is 0 Å². The number of rotatable bonds is 0. The van der Waals surface area contributed by atoms with Crippen LogP contribution in [-0.4, -0.2) is 0 Å². The SMILES string of the molecule is NC1C=C(Br)Oc2ccccc21. The van der Waals surface area contributed by atoms with E-state index in [1.54, 1.807) is 0 Å². The molecule has 1 aliphatic rings. The summed E-state index contributed by atoms with van der Waals surface area (Å²) >= 11 is 3.26. The molecule has 0 radical (unpaired) electrons. The van der Waals surface area contributed by atoms with Gasteiger partial charge in [0, 0.05) is 5.56 Å². The van der Waals surface area contributed by atoms with Crippen molar-refractivity contribution in [3.8, 4) is 5.75 Å². The average molecular weight is 226 g/mol. The van der Waals surface area contributed by atoms with E-state index in [2.05, 4.69) is 15.9 Å². The van der Waals surface area contributed by atoms with Gasteiger partial charge in [0.1, 0.15) is 5.75 Å². The van der Waals surface area contributed by atoms with Crippen LogP contribution in [0, 0.1) is 0 Å². The Morgan fingerprint density at radius 3 is 2.92 bits per heavy atom. The molecule has 2 rings (SSSR count). The molecule has 1 heterocycles. The Bertz CT molecular complexity index is 335. The van der Waals surface area contributed by atoms with Gasteiger partial charge in [-0.1, -0.05) is 18.2 Å². The Balaban J connectivity index is 2.48. The fraction of sp³-hybridized carbons (Fsp3) is 0.111. The molecule has 3 heteroatoms. The topological polar surface area (TPSA) is 35.2 Å². The number of nitrogens with two attached hydrogens (primary N) is 1. The van der Waals surface area contributed by atoms with E-state index in [0.29, 0.717) is 4.67 Å². The summed E-state index contributed by atoms with van der Waals surface area (Å²) in [6.07, 6.45) is 1.84. The van der Waals surface area contributed by atoms with E-state index in [0.717, 1.165) is 11.3 Å². The second-order valence-electron chi connectivity index (χ2n) is 2.64. The first-order chi connectivity index (χ1) is 5.77. The van der Waals surface area contributed by atoms with E-state index >= 15 is 0 Å². The van der Waals surface area contributed by atoms with E-state index < -0.39 is 0 Å². The molecular weight excluding hydrogens is 218 g/mol. The Kier molecular flexibility index (Phi) is 1.90. The van der Waals surface area contributed by atoms with Crippen LogP contribution in [0.25, 0.3) is 0 Å². The highest BCUT2D eigenvalue weighted by Crippen LogP contribution is 2.32. The summed E-state index contributed by atoms with van der Waals surface area (Å²) in [7, 11) is 0. The lowest BCUT2D eigenvalue weighted by Crippen LogP contribution is -2.13. The highest BCUT2D eigenvalue weighted by Gasteiger charge is 2.16. The fourth-order valence-corrected chi connectivity index (χ4v) is 1.68. The summed E-state index contributed by atoms with van der Waals surface area (Å²) in [4.78, 5) is 0. The Morgan fingerprint density at radius 2 is 2.08 bits per heavy atom. The van der Waals surface area contributed by atoms with Gasteiger partial charge in [-0.05, 0) is 28.1 Å². The minimum Gasteiger partial charge on any atom is -0.450 e. The summed E-state index contributed by atoms with van der Waals surface area (Å²) in [5, 5.41) is 0. The number of halogens is 1. The molecule has 2 nitrogen and oxygen atoms in total. The first-order valence-corrected chi connectivity index (χ1v) is 4.46. The molecule has 0 saturated heterocycles. The van der Waals surface area contributed by atoms with Gasteiger partial charge in [0.05, 0.1) is 6.04 Å². The molecule has 0 fully saturated rings. The lowest BCUT2D eigenvalue weighted by Gasteiger charge is -2.19. The van der Waals surface area contributed by atoms with Crippen molar-refractivity contribution < 1.29 is 4.74 Å². The molecule has 0 saturated carbocycles. The van der Waals surface area contributed by atoms with Gasteiger partial charge in [0.2, 0.25) is 0 Å². The van der Waals surface area contributed by atoms with Gasteiger partial charge >= 0.3 is 0 Å². The Hall–Kier alpha value is -0.800. The van der Waals surface area contributed by atoms with E-state index in [4.69, 9.17) is 10.5 Å². The molecule has 0 aromatic heterocycles. The summed E-state index contributed by atoms with van der Waals surface area (Å²) in [5.41, 5.74) is 6.88. The van der Waals surface area contributed by atoms with Crippen LogP contribution in [0.1, 0.15) is 11.6 Å². The fourth-order valence-electron chi connectivity index (χ4n) is 1.22. The molecule has 0 amide bonds. The van der Waals surface area contributed by atoms with Gasteiger partial charge in [0.25, 0.3) is 0 Å². The predicted octanol–water partition coefficient (Wildman–Crippen LogP) is 2.32. The third-order valence-corrected chi connectivity index (χ3v) is 2.22.